The third-order valence-electron chi connectivity index (χ3n) is 2.45. The van der Waals surface area contributed by atoms with Crippen LogP contribution in [0.3, 0.4) is 0 Å². The highest BCUT2D eigenvalue weighted by atomic mass is 16.4. The molecule has 90 valence electrons. The Labute approximate surface area is 93.3 Å². The fourth-order valence-corrected chi connectivity index (χ4v) is 1.50. The molecule has 1 aliphatic heterocycles. The van der Waals surface area contributed by atoms with Crippen LogP contribution < -0.4 is 5.32 Å². The molecule has 1 heterocycles. The second-order valence-electron chi connectivity index (χ2n) is 4.02. The predicted octanol–water partition coefficient (Wildman–Crippen LogP) is 2.80. The summed E-state index contributed by atoms with van der Waals surface area (Å²) < 4.78 is 0. The molecule has 0 radical (unpaired) electrons. The van der Waals surface area contributed by atoms with E-state index in [4.69, 9.17) is 5.11 Å². The van der Waals surface area contributed by atoms with Crippen molar-refractivity contribution in [3.05, 3.63) is 0 Å². The second-order valence-corrected chi connectivity index (χ2v) is 4.02. The molecule has 0 atom stereocenters. The molecule has 0 aliphatic carbocycles. The maximum atomic E-state index is 10.0. The molecule has 3 nitrogen and oxygen atoms in total. The summed E-state index contributed by atoms with van der Waals surface area (Å²) >= 11 is 0. The summed E-state index contributed by atoms with van der Waals surface area (Å²) in [4.78, 5) is 10.0. The average Bonchev–Trinajstić information content (AvgIpc) is 2.75. The number of carboxylic acid groups (broad SMARTS) is 1. The largest absolute Gasteiger partial charge is 0.481 e. The van der Waals surface area contributed by atoms with E-state index >= 15 is 0 Å². The van der Waals surface area contributed by atoms with Crippen LogP contribution in [-0.4, -0.2) is 24.2 Å². The van der Waals surface area contributed by atoms with Crippen LogP contribution in [-0.2, 0) is 4.79 Å². The van der Waals surface area contributed by atoms with Crippen molar-refractivity contribution in [2.75, 3.05) is 13.1 Å². The molecule has 0 saturated carbocycles. The Kier molecular flexibility index (Phi) is 11.1. The van der Waals surface area contributed by atoms with Gasteiger partial charge in [0.05, 0.1) is 0 Å². The van der Waals surface area contributed by atoms with E-state index in [0.717, 1.165) is 12.8 Å². The van der Waals surface area contributed by atoms with E-state index in [1.807, 2.05) is 0 Å². The number of hydrogen-bond donors (Lipinski definition) is 2. The van der Waals surface area contributed by atoms with Crippen molar-refractivity contribution in [3.63, 3.8) is 0 Å². The number of unbranched alkanes of at least 4 members (excludes halogenated alkanes) is 4. The zero-order valence-corrected chi connectivity index (χ0v) is 9.93. The van der Waals surface area contributed by atoms with E-state index in [-0.39, 0.29) is 0 Å². The predicted molar refractivity (Wildman–Crippen MR) is 63.1 cm³/mol. The fourth-order valence-electron chi connectivity index (χ4n) is 1.50. The standard InChI is InChI=1S/C8H16O2.C4H9N/c1-2-3-4-5-6-7-8(9)10;1-2-4-5-3-1/h2-7H2,1H3,(H,9,10);5H,1-4H2. The summed E-state index contributed by atoms with van der Waals surface area (Å²) in [5.41, 5.74) is 0. The third kappa shape index (κ3) is 13.4. The highest BCUT2D eigenvalue weighted by Gasteiger charge is 1.94. The lowest BCUT2D eigenvalue weighted by Gasteiger charge is -1.95. The summed E-state index contributed by atoms with van der Waals surface area (Å²) in [6, 6.07) is 0. The quantitative estimate of drug-likeness (QED) is 0.670. The topological polar surface area (TPSA) is 49.3 Å². The van der Waals surface area contributed by atoms with Gasteiger partial charge in [0, 0.05) is 6.42 Å². The molecule has 0 bridgehead atoms. The van der Waals surface area contributed by atoms with Gasteiger partial charge in [0.2, 0.25) is 0 Å². The first-order valence-electron chi connectivity index (χ1n) is 6.20. The van der Waals surface area contributed by atoms with Gasteiger partial charge >= 0.3 is 5.97 Å². The van der Waals surface area contributed by atoms with Crippen molar-refractivity contribution in [2.24, 2.45) is 0 Å². The number of carbonyl (C=O) groups is 1. The van der Waals surface area contributed by atoms with Gasteiger partial charge in [0.15, 0.2) is 0 Å². The minimum absolute atomic E-state index is 0.337. The van der Waals surface area contributed by atoms with Crippen LogP contribution in [0.4, 0.5) is 0 Å². The summed E-state index contributed by atoms with van der Waals surface area (Å²) in [7, 11) is 0. The Morgan fingerprint density at radius 3 is 2.13 bits per heavy atom. The first-order valence-corrected chi connectivity index (χ1v) is 6.20. The number of rotatable bonds is 6. The molecule has 0 spiro atoms. The van der Waals surface area contributed by atoms with Gasteiger partial charge in [0.25, 0.3) is 0 Å². The van der Waals surface area contributed by atoms with E-state index < -0.39 is 5.97 Å². The van der Waals surface area contributed by atoms with Crippen LogP contribution in [0.25, 0.3) is 0 Å². The molecule has 0 unspecified atom stereocenters. The van der Waals surface area contributed by atoms with Crippen LogP contribution in [0.1, 0.15) is 58.3 Å². The lowest BCUT2D eigenvalue weighted by atomic mass is 10.1. The van der Waals surface area contributed by atoms with Crippen LogP contribution in [0.15, 0.2) is 0 Å². The normalized spacial score (nSPS) is 14.5. The molecule has 1 saturated heterocycles. The SMILES string of the molecule is C1CCNC1.CCCCCCCC(=O)O. The van der Waals surface area contributed by atoms with E-state index in [1.165, 1.54) is 45.2 Å². The molecule has 1 fully saturated rings. The van der Waals surface area contributed by atoms with Gasteiger partial charge in [-0.05, 0) is 32.4 Å². The molecule has 0 amide bonds. The minimum atomic E-state index is -0.670. The van der Waals surface area contributed by atoms with Crippen molar-refractivity contribution in [3.8, 4) is 0 Å². The van der Waals surface area contributed by atoms with Gasteiger partial charge in [-0.3, -0.25) is 4.79 Å². The number of carboxylic acids is 1. The molecular weight excluding hydrogens is 190 g/mol. The van der Waals surface area contributed by atoms with Crippen molar-refractivity contribution in [2.45, 2.75) is 58.3 Å². The summed E-state index contributed by atoms with van der Waals surface area (Å²) in [6.45, 7) is 4.65. The highest BCUT2D eigenvalue weighted by Crippen LogP contribution is 2.04. The number of hydrogen-bond acceptors (Lipinski definition) is 2. The molecule has 3 heteroatoms. The third-order valence-corrected chi connectivity index (χ3v) is 2.45. The molecule has 15 heavy (non-hydrogen) atoms. The average molecular weight is 215 g/mol. The van der Waals surface area contributed by atoms with Crippen molar-refractivity contribution < 1.29 is 9.90 Å². The van der Waals surface area contributed by atoms with Crippen LogP contribution >= 0.6 is 0 Å². The lowest BCUT2D eigenvalue weighted by molar-refractivity contribution is -0.137. The first-order chi connectivity index (χ1) is 7.27. The Morgan fingerprint density at radius 1 is 1.13 bits per heavy atom. The zero-order chi connectivity index (χ0) is 11.4. The number of aliphatic carboxylic acids is 1. The maximum Gasteiger partial charge on any atom is 0.303 e. The van der Waals surface area contributed by atoms with Crippen LogP contribution in [0.5, 0.6) is 0 Å². The Bertz CT molecular complexity index is 137. The minimum Gasteiger partial charge on any atom is -0.481 e. The molecule has 0 aromatic carbocycles. The van der Waals surface area contributed by atoms with Gasteiger partial charge < -0.3 is 10.4 Å². The van der Waals surface area contributed by atoms with Crippen molar-refractivity contribution in [1.82, 2.24) is 5.32 Å². The molecular formula is C12H25NO2. The van der Waals surface area contributed by atoms with Gasteiger partial charge in [-0.2, -0.15) is 0 Å². The van der Waals surface area contributed by atoms with E-state index in [9.17, 15) is 4.79 Å². The van der Waals surface area contributed by atoms with Gasteiger partial charge in [-0.1, -0.05) is 32.6 Å². The Hall–Kier alpha value is -0.570. The smallest absolute Gasteiger partial charge is 0.303 e. The fraction of sp³-hybridized carbons (Fsp3) is 0.917. The zero-order valence-electron chi connectivity index (χ0n) is 9.93. The molecule has 0 aromatic heterocycles. The van der Waals surface area contributed by atoms with Gasteiger partial charge in [-0.15, -0.1) is 0 Å². The second kappa shape index (κ2) is 11.5. The lowest BCUT2D eigenvalue weighted by Crippen LogP contribution is -2.03. The van der Waals surface area contributed by atoms with Crippen molar-refractivity contribution in [1.29, 1.82) is 0 Å². The van der Waals surface area contributed by atoms with Crippen LogP contribution in [0, 0.1) is 0 Å². The monoisotopic (exact) mass is 215 g/mol. The van der Waals surface area contributed by atoms with E-state index in [1.54, 1.807) is 0 Å². The van der Waals surface area contributed by atoms with E-state index in [0.29, 0.717) is 6.42 Å². The summed E-state index contributed by atoms with van der Waals surface area (Å²) in [5.74, 6) is -0.670. The van der Waals surface area contributed by atoms with E-state index in [2.05, 4.69) is 12.2 Å². The molecule has 1 aliphatic rings. The van der Waals surface area contributed by atoms with Gasteiger partial charge in [-0.25, -0.2) is 0 Å². The summed E-state index contributed by atoms with van der Waals surface area (Å²) in [6.07, 6.45) is 8.66. The maximum absolute atomic E-state index is 10.0. The Morgan fingerprint density at radius 2 is 1.73 bits per heavy atom. The molecule has 2 N–H and O–H groups in total. The van der Waals surface area contributed by atoms with Crippen LogP contribution in [0.2, 0.25) is 0 Å². The number of nitrogens with one attached hydrogen (secondary N) is 1. The molecule has 0 aromatic rings. The molecule has 1 rings (SSSR count). The first kappa shape index (κ1) is 14.4. The van der Waals surface area contributed by atoms with Gasteiger partial charge in [0.1, 0.15) is 0 Å². The Balaban J connectivity index is 0.000000322. The highest BCUT2D eigenvalue weighted by molar-refractivity contribution is 5.66. The van der Waals surface area contributed by atoms with Crippen molar-refractivity contribution >= 4 is 5.97 Å². The summed E-state index contributed by atoms with van der Waals surface area (Å²) in [5, 5.41) is 11.5.